The summed E-state index contributed by atoms with van der Waals surface area (Å²) in [7, 11) is 0. The van der Waals surface area contributed by atoms with Gasteiger partial charge in [-0.1, -0.05) is 12.1 Å². The highest BCUT2D eigenvalue weighted by molar-refractivity contribution is 5.94. The van der Waals surface area contributed by atoms with Crippen molar-refractivity contribution in [3.8, 4) is 5.75 Å². The first kappa shape index (κ1) is 12.5. The molecule has 1 fully saturated rings. The van der Waals surface area contributed by atoms with E-state index in [9.17, 15) is 4.79 Å². The van der Waals surface area contributed by atoms with Crippen LogP contribution in [-0.2, 0) is 6.42 Å². The molecular formula is C17H17NO3. The van der Waals surface area contributed by atoms with E-state index in [1.54, 1.807) is 12.3 Å². The van der Waals surface area contributed by atoms with Gasteiger partial charge >= 0.3 is 0 Å². The quantitative estimate of drug-likeness (QED) is 0.851. The predicted octanol–water partition coefficient (Wildman–Crippen LogP) is 2.84. The first-order valence-electron chi connectivity index (χ1n) is 7.38. The van der Waals surface area contributed by atoms with Crippen molar-refractivity contribution in [2.45, 2.75) is 18.8 Å². The zero-order valence-corrected chi connectivity index (χ0v) is 11.7. The van der Waals surface area contributed by atoms with Crippen LogP contribution in [-0.4, -0.2) is 30.5 Å². The topological polar surface area (TPSA) is 42.7 Å². The Morgan fingerprint density at radius 1 is 1.29 bits per heavy atom. The number of benzene rings is 1. The lowest BCUT2D eigenvalue weighted by molar-refractivity contribution is 0.0790. The molecule has 0 saturated carbocycles. The number of hydrogen-bond acceptors (Lipinski definition) is 3. The molecule has 0 radical (unpaired) electrons. The largest absolute Gasteiger partial charge is 0.493 e. The molecule has 4 nitrogen and oxygen atoms in total. The number of carbonyl (C=O) groups excluding carboxylic acids is 1. The summed E-state index contributed by atoms with van der Waals surface area (Å²) >= 11 is 0. The predicted molar refractivity (Wildman–Crippen MR) is 77.6 cm³/mol. The second-order valence-corrected chi connectivity index (χ2v) is 5.71. The van der Waals surface area contributed by atoms with Crippen molar-refractivity contribution in [2.75, 3.05) is 19.7 Å². The van der Waals surface area contributed by atoms with Crippen LogP contribution >= 0.6 is 0 Å². The molecule has 1 atom stereocenters. The van der Waals surface area contributed by atoms with Crippen molar-refractivity contribution in [1.82, 2.24) is 4.90 Å². The highest BCUT2D eigenvalue weighted by atomic mass is 16.5. The third-order valence-corrected chi connectivity index (χ3v) is 4.43. The number of nitrogens with zero attached hydrogens (tertiary/aromatic N) is 1. The van der Waals surface area contributed by atoms with E-state index in [1.807, 2.05) is 4.90 Å². The van der Waals surface area contributed by atoms with E-state index in [4.69, 9.17) is 9.15 Å². The lowest BCUT2D eigenvalue weighted by atomic mass is 9.96. The van der Waals surface area contributed by atoms with Gasteiger partial charge in [0.15, 0.2) is 0 Å². The maximum absolute atomic E-state index is 12.3. The van der Waals surface area contributed by atoms with E-state index in [1.165, 1.54) is 17.4 Å². The molecular weight excluding hydrogens is 266 g/mol. The van der Waals surface area contributed by atoms with E-state index in [-0.39, 0.29) is 5.91 Å². The lowest BCUT2D eigenvalue weighted by Crippen LogP contribution is -2.28. The number of hydrogen-bond donors (Lipinski definition) is 0. The summed E-state index contributed by atoms with van der Waals surface area (Å²) in [6, 6.07) is 8.18. The molecule has 2 aliphatic heterocycles. The zero-order valence-electron chi connectivity index (χ0n) is 11.7. The van der Waals surface area contributed by atoms with Crippen LogP contribution in [0.2, 0.25) is 0 Å². The van der Waals surface area contributed by atoms with Crippen LogP contribution in [0.25, 0.3) is 0 Å². The summed E-state index contributed by atoms with van der Waals surface area (Å²) in [5.41, 5.74) is 3.26. The molecule has 2 aliphatic rings. The molecule has 4 heteroatoms. The van der Waals surface area contributed by atoms with Gasteiger partial charge in [-0.15, -0.1) is 0 Å². The second kappa shape index (κ2) is 4.95. The third kappa shape index (κ3) is 2.20. The minimum absolute atomic E-state index is 0.0655. The van der Waals surface area contributed by atoms with Crippen LogP contribution in [0.1, 0.15) is 33.8 Å². The number of amides is 1. The smallest absolute Gasteiger partial charge is 0.257 e. The molecule has 1 aromatic carbocycles. The molecule has 1 saturated heterocycles. The number of furan rings is 1. The van der Waals surface area contributed by atoms with Crippen LogP contribution in [0.15, 0.2) is 41.2 Å². The Labute approximate surface area is 123 Å². The summed E-state index contributed by atoms with van der Waals surface area (Å²) < 4.78 is 10.5. The first-order chi connectivity index (χ1) is 10.3. The van der Waals surface area contributed by atoms with Gasteiger partial charge in [0.2, 0.25) is 0 Å². The zero-order chi connectivity index (χ0) is 14.2. The number of rotatable bonds is 2. The summed E-state index contributed by atoms with van der Waals surface area (Å²) in [5, 5.41) is 0. The Morgan fingerprint density at radius 2 is 2.24 bits per heavy atom. The second-order valence-electron chi connectivity index (χ2n) is 5.71. The normalized spacial score (nSPS) is 20.4. The molecule has 1 aromatic heterocycles. The Balaban J connectivity index is 1.50. The van der Waals surface area contributed by atoms with Crippen LogP contribution in [0.3, 0.4) is 0 Å². The molecule has 4 rings (SSSR count). The molecule has 0 bridgehead atoms. The van der Waals surface area contributed by atoms with E-state index in [0.717, 1.165) is 38.3 Å². The number of ether oxygens (including phenoxy) is 1. The molecule has 3 heterocycles. The van der Waals surface area contributed by atoms with Gasteiger partial charge in [-0.05, 0) is 29.7 Å². The van der Waals surface area contributed by atoms with Crippen molar-refractivity contribution in [1.29, 1.82) is 0 Å². The maximum Gasteiger partial charge on any atom is 0.257 e. The number of fused-ring (bicyclic) bond motifs is 1. The fourth-order valence-corrected chi connectivity index (χ4v) is 3.25. The number of carbonyl (C=O) groups is 1. The fraction of sp³-hybridized carbons (Fsp3) is 0.353. The van der Waals surface area contributed by atoms with E-state index in [2.05, 4.69) is 18.2 Å². The summed E-state index contributed by atoms with van der Waals surface area (Å²) in [4.78, 5) is 14.2. The van der Waals surface area contributed by atoms with Crippen molar-refractivity contribution < 1.29 is 13.9 Å². The monoisotopic (exact) mass is 283 g/mol. The van der Waals surface area contributed by atoms with Crippen molar-refractivity contribution in [3.05, 3.63) is 53.5 Å². The SMILES string of the molecule is O=C(c1ccoc1)N1CC[C@@H](c2ccc3c(c2)CCO3)C1. The third-order valence-electron chi connectivity index (χ3n) is 4.43. The molecule has 108 valence electrons. The minimum Gasteiger partial charge on any atom is -0.493 e. The Bertz CT molecular complexity index is 663. The van der Waals surface area contributed by atoms with E-state index in [0.29, 0.717) is 11.5 Å². The van der Waals surface area contributed by atoms with Gasteiger partial charge in [0.25, 0.3) is 5.91 Å². The van der Waals surface area contributed by atoms with E-state index < -0.39 is 0 Å². The van der Waals surface area contributed by atoms with Gasteiger partial charge in [-0.25, -0.2) is 0 Å². The fourth-order valence-electron chi connectivity index (χ4n) is 3.25. The van der Waals surface area contributed by atoms with Crippen molar-refractivity contribution >= 4 is 5.91 Å². The van der Waals surface area contributed by atoms with Gasteiger partial charge in [-0.3, -0.25) is 4.79 Å². The highest BCUT2D eigenvalue weighted by Gasteiger charge is 2.29. The molecule has 0 N–H and O–H groups in total. The average Bonchev–Trinajstić information content (AvgIpc) is 3.25. The van der Waals surface area contributed by atoms with E-state index >= 15 is 0 Å². The van der Waals surface area contributed by atoms with Gasteiger partial charge in [0, 0.05) is 25.4 Å². The van der Waals surface area contributed by atoms with Crippen LogP contribution in [0, 0.1) is 0 Å². The Morgan fingerprint density at radius 3 is 3.10 bits per heavy atom. The molecule has 2 aromatic rings. The van der Waals surface area contributed by atoms with Crippen LogP contribution in [0.5, 0.6) is 5.75 Å². The maximum atomic E-state index is 12.3. The molecule has 21 heavy (non-hydrogen) atoms. The van der Waals surface area contributed by atoms with Gasteiger partial charge < -0.3 is 14.1 Å². The standard InChI is InChI=1S/C17H17NO3/c19-17(15-4-7-20-11-15)18-6-3-14(10-18)12-1-2-16-13(9-12)5-8-21-16/h1-2,4,7,9,11,14H,3,5-6,8,10H2/t14-/m1/s1. The summed E-state index contributed by atoms with van der Waals surface area (Å²) in [5.74, 6) is 1.51. The Hall–Kier alpha value is -2.23. The minimum atomic E-state index is 0.0655. The van der Waals surface area contributed by atoms with Crippen molar-refractivity contribution in [2.24, 2.45) is 0 Å². The molecule has 0 spiro atoms. The van der Waals surface area contributed by atoms with Crippen LogP contribution < -0.4 is 4.74 Å². The summed E-state index contributed by atoms with van der Waals surface area (Å²) in [6.45, 7) is 2.38. The molecule has 1 amide bonds. The average molecular weight is 283 g/mol. The molecule has 0 unspecified atom stereocenters. The highest BCUT2D eigenvalue weighted by Crippen LogP contribution is 2.33. The molecule has 0 aliphatic carbocycles. The number of likely N-dealkylation sites (tertiary alicyclic amines) is 1. The Kier molecular flexibility index (Phi) is 2.95. The van der Waals surface area contributed by atoms with Crippen LogP contribution in [0.4, 0.5) is 0 Å². The van der Waals surface area contributed by atoms with Crippen molar-refractivity contribution in [3.63, 3.8) is 0 Å². The van der Waals surface area contributed by atoms with Gasteiger partial charge in [-0.2, -0.15) is 0 Å². The van der Waals surface area contributed by atoms with Gasteiger partial charge in [0.1, 0.15) is 12.0 Å². The lowest BCUT2D eigenvalue weighted by Gasteiger charge is -2.16. The first-order valence-corrected chi connectivity index (χ1v) is 7.38. The van der Waals surface area contributed by atoms with Gasteiger partial charge in [0.05, 0.1) is 18.4 Å². The summed E-state index contributed by atoms with van der Waals surface area (Å²) in [6.07, 6.45) is 5.07.